The molecular formula is C14H29N3O2. The van der Waals surface area contributed by atoms with Crippen molar-refractivity contribution in [1.82, 2.24) is 10.6 Å². The van der Waals surface area contributed by atoms with Gasteiger partial charge in [0.05, 0.1) is 0 Å². The summed E-state index contributed by atoms with van der Waals surface area (Å²) in [7, 11) is 0. The number of nitrogens with two attached hydrogens (primary N) is 1. The van der Waals surface area contributed by atoms with Gasteiger partial charge in [-0.3, -0.25) is 0 Å². The van der Waals surface area contributed by atoms with Crippen LogP contribution in [0.15, 0.2) is 0 Å². The SMILES string of the molecule is CC(C)C(CNC(=O)OC(C)(C)C)NC1CC(N)C1. The molecule has 5 nitrogen and oxygen atoms in total. The highest BCUT2D eigenvalue weighted by Gasteiger charge is 2.29. The van der Waals surface area contributed by atoms with Crippen LogP contribution in [0.3, 0.4) is 0 Å². The number of amides is 1. The molecule has 0 spiro atoms. The van der Waals surface area contributed by atoms with Crippen molar-refractivity contribution in [2.75, 3.05) is 6.54 Å². The van der Waals surface area contributed by atoms with E-state index >= 15 is 0 Å². The van der Waals surface area contributed by atoms with Crippen molar-refractivity contribution >= 4 is 6.09 Å². The fourth-order valence-corrected chi connectivity index (χ4v) is 2.10. The fourth-order valence-electron chi connectivity index (χ4n) is 2.10. The second-order valence-electron chi connectivity index (χ2n) is 6.83. The predicted molar refractivity (Wildman–Crippen MR) is 77.0 cm³/mol. The van der Waals surface area contributed by atoms with E-state index in [0.29, 0.717) is 24.5 Å². The van der Waals surface area contributed by atoms with E-state index in [1.54, 1.807) is 0 Å². The first-order valence-electron chi connectivity index (χ1n) is 7.16. The van der Waals surface area contributed by atoms with Gasteiger partial charge in [-0.2, -0.15) is 0 Å². The van der Waals surface area contributed by atoms with Crippen LogP contribution in [0.25, 0.3) is 0 Å². The van der Waals surface area contributed by atoms with E-state index in [4.69, 9.17) is 10.5 Å². The molecule has 5 heteroatoms. The van der Waals surface area contributed by atoms with E-state index in [1.165, 1.54) is 0 Å². The Balaban J connectivity index is 2.31. The van der Waals surface area contributed by atoms with Crippen LogP contribution in [0, 0.1) is 5.92 Å². The molecule has 0 aromatic heterocycles. The Kier molecular flexibility index (Phi) is 5.62. The summed E-state index contributed by atoms with van der Waals surface area (Å²) in [6.07, 6.45) is 1.69. The van der Waals surface area contributed by atoms with Gasteiger partial charge in [-0.05, 0) is 39.5 Å². The lowest BCUT2D eigenvalue weighted by molar-refractivity contribution is 0.0516. The van der Waals surface area contributed by atoms with Crippen LogP contribution in [0.4, 0.5) is 4.79 Å². The van der Waals surface area contributed by atoms with Crippen molar-refractivity contribution in [2.24, 2.45) is 11.7 Å². The normalized spacial score (nSPS) is 24.8. The minimum atomic E-state index is -0.453. The van der Waals surface area contributed by atoms with Gasteiger partial charge >= 0.3 is 6.09 Å². The molecule has 19 heavy (non-hydrogen) atoms. The van der Waals surface area contributed by atoms with Crippen LogP contribution in [0.5, 0.6) is 0 Å². The Morgan fingerprint density at radius 2 is 1.95 bits per heavy atom. The molecule has 1 unspecified atom stereocenters. The number of alkyl carbamates (subject to hydrolysis) is 1. The van der Waals surface area contributed by atoms with Gasteiger partial charge in [-0.25, -0.2) is 4.79 Å². The Labute approximate surface area is 116 Å². The van der Waals surface area contributed by atoms with E-state index in [2.05, 4.69) is 24.5 Å². The van der Waals surface area contributed by atoms with Gasteiger partial charge in [-0.15, -0.1) is 0 Å². The molecule has 1 fully saturated rings. The number of rotatable bonds is 5. The molecule has 1 amide bonds. The number of hydrogen-bond acceptors (Lipinski definition) is 4. The van der Waals surface area contributed by atoms with Crippen LogP contribution < -0.4 is 16.4 Å². The zero-order valence-electron chi connectivity index (χ0n) is 12.8. The van der Waals surface area contributed by atoms with Crippen LogP contribution in [-0.2, 0) is 4.74 Å². The average molecular weight is 271 g/mol. The first-order valence-corrected chi connectivity index (χ1v) is 7.16. The first-order chi connectivity index (χ1) is 8.67. The van der Waals surface area contributed by atoms with E-state index in [0.717, 1.165) is 12.8 Å². The Morgan fingerprint density at radius 3 is 2.37 bits per heavy atom. The van der Waals surface area contributed by atoms with Crippen molar-refractivity contribution in [1.29, 1.82) is 0 Å². The van der Waals surface area contributed by atoms with Gasteiger partial charge in [0.25, 0.3) is 0 Å². The Bertz CT molecular complexity index is 294. The summed E-state index contributed by atoms with van der Waals surface area (Å²) < 4.78 is 5.23. The zero-order valence-corrected chi connectivity index (χ0v) is 12.8. The van der Waals surface area contributed by atoms with Crippen molar-refractivity contribution in [2.45, 2.75) is 71.2 Å². The summed E-state index contributed by atoms with van der Waals surface area (Å²) in [6, 6.07) is 1.08. The number of carbonyl (C=O) groups excluding carboxylic acids is 1. The quantitative estimate of drug-likeness (QED) is 0.710. The van der Waals surface area contributed by atoms with Crippen molar-refractivity contribution in [3.8, 4) is 0 Å². The van der Waals surface area contributed by atoms with Gasteiger partial charge in [0.15, 0.2) is 0 Å². The third kappa shape index (κ3) is 6.25. The summed E-state index contributed by atoms with van der Waals surface area (Å²) in [6.45, 7) is 10.5. The highest BCUT2D eigenvalue weighted by atomic mass is 16.6. The molecule has 112 valence electrons. The van der Waals surface area contributed by atoms with Crippen LogP contribution >= 0.6 is 0 Å². The summed E-state index contributed by atoms with van der Waals surface area (Å²) in [4.78, 5) is 11.6. The second kappa shape index (κ2) is 6.57. The van der Waals surface area contributed by atoms with E-state index < -0.39 is 5.60 Å². The molecule has 0 aromatic rings. The second-order valence-corrected chi connectivity index (χ2v) is 6.83. The largest absolute Gasteiger partial charge is 0.444 e. The predicted octanol–water partition coefficient (Wildman–Crippen LogP) is 1.62. The molecule has 4 N–H and O–H groups in total. The maximum atomic E-state index is 11.6. The van der Waals surface area contributed by atoms with Crippen LogP contribution in [-0.4, -0.2) is 36.4 Å². The maximum absolute atomic E-state index is 11.6. The molecule has 1 atom stereocenters. The van der Waals surface area contributed by atoms with Crippen molar-refractivity contribution < 1.29 is 9.53 Å². The zero-order chi connectivity index (χ0) is 14.6. The monoisotopic (exact) mass is 271 g/mol. The fraction of sp³-hybridized carbons (Fsp3) is 0.929. The minimum absolute atomic E-state index is 0.255. The van der Waals surface area contributed by atoms with E-state index in [-0.39, 0.29) is 12.1 Å². The molecule has 1 saturated carbocycles. The summed E-state index contributed by atoms with van der Waals surface area (Å²) in [5, 5.41) is 6.38. The summed E-state index contributed by atoms with van der Waals surface area (Å²) >= 11 is 0. The third-order valence-corrected chi connectivity index (χ3v) is 3.29. The van der Waals surface area contributed by atoms with Gasteiger partial charge in [-0.1, -0.05) is 13.8 Å². The molecule has 0 heterocycles. The van der Waals surface area contributed by atoms with Gasteiger partial charge in [0.1, 0.15) is 5.60 Å². The molecule has 1 aliphatic rings. The van der Waals surface area contributed by atoms with Crippen molar-refractivity contribution in [3.63, 3.8) is 0 Å². The first kappa shape index (κ1) is 16.2. The number of carbonyl (C=O) groups is 1. The standard InChI is InChI=1S/C14H29N3O2/c1-9(2)12(17-11-6-10(15)7-11)8-16-13(18)19-14(3,4)5/h9-12,17H,6-8,15H2,1-5H3,(H,16,18). The minimum Gasteiger partial charge on any atom is -0.444 e. The molecule has 0 aliphatic heterocycles. The van der Waals surface area contributed by atoms with Gasteiger partial charge in [0, 0.05) is 24.7 Å². The number of ether oxygens (including phenoxy) is 1. The lowest BCUT2D eigenvalue weighted by Crippen LogP contribution is -2.55. The third-order valence-electron chi connectivity index (χ3n) is 3.29. The molecule has 0 saturated heterocycles. The lowest BCUT2D eigenvalue weighted by Gasteiger charge is -2.37. The molecule has 1 aliphatic carbocycles. The van der Waals surface area contributed by atoms with Gasteiger partial charge in [0.2, 0.25) is 0 Å². The highest BCUT2D eigenvalue weighted by Crippen LogP contribution is 2.19. The summed E-state index contributed by atoms with van der Waals surface area (Å²) in [5.74, 6) is 0.451. The molecule has 0 aromatic carbocycles. The lowest BCUT2D eigenvalue weighted by atomic mass is 9.86. The number of nitrogens with one attached hydrogen (secondary N) is 2. The highest BCUT2D eigenvalue weighted by molar-refractivity contribution is 5.67. The maximum Gasteiger partial charge on any atom is 0.407 e. The Hall–Kier alpha value is -0.810. The topological polar surface area (TPSA) is 76.4 Å². The number of hydrogen-bond donors (Lipinski definition) is 3. The molecule has 0 bridgehead atoms. The van der Waals surface area contributed by atoms with Gasteiger partial charge < -0.3 is 21.1 Å². The van der Waals surface area contributed by atoms with Crippen LogP contribution in [0.1, 0.15) is 47.5 Å². The molecular weight excluding hydrogens is 242 g/mol. The summed E-state index contributed by atoms with van der Waals surface area (Å²) in [5.41, 5.74) is 5.33. The molecule has 0 radical (unpaired) electrons. The van der Waals surface area contributed by atoms with Crippen LogP contribution in [0.2, 0.25) is 0 Å². The van der Waals surface area contributed by atoms with E-state index in [1.807, 2.05) is 20.8 Å². The smallest absolute Gasteiger partial charge is 0.407 e. The average Bonchev–Trinajstić information content (AvgIpc) is 2.17. The van der Waals surface area contributed by atoms with E-state index in [9.17, 15) is 4.79 Å². The molecule has 1 rings (SSSR count). The van der Waals surface area contributed by atoms with Crippen molar-refractivity contribution in [3.05, 3.63) is 0 Å². The Morgan fingerprint density at radius 1 is 1.37 bits per heavy atom.